The molecule has 1 aromatic carbocycles. The lowest BCUT2D eigenvalue weighted by molar-refractivity contribution is 0.192. The fourth-order valence-electron chi connectivity index (χ4n) is 1.79. The van der Waals surface area contributed by atoms with Crippen LogP contribution in [0.2, 0.25) is 5.02 Å². The van der Waals surface area contributed by atoms with Crippen LogP contribution in [0.5, 0.6) is 0 Å². The van der Waals surface area contributed by atoms with E-state index in [1.54, 1.807) is 12.1 Å². The number of sulfonamides is 1. The van der Waals surface area contributed by atoms with Gasteiger partial charge >= 0.3 is 0 Å². The molecule has 18 heavy (non-hydrogen) atoms. The molecular formula is C11H15ClN2O3S. The van der Waals surface area contributed by atoms with Gasteiger partial charge in [-0.2, -0.15) is 0 Å². The third-order valence-electron chi connectivity index (χ3n) is 2.77. The van der Waals surface area contributed by atoms with E-state index in [1.165, 1.54) is 6.07 Å². The number of nitrogens with one attached hydrogen (secondary N) is 1. The second kappa shape index (κ2) is 5.54. The van der Waals surface area contributed by atoms with Gasteiger partial charge in [-0.1, -0.05) is 17.7 Å². The highest BCUT2D eigenvalue weighted by atomic mass is 35.5. The Morgan fingerprint density at radius 1 is 1.50 bits per heavy atom. The molecule has 0 spiro atoms. The van der Waals surface area contributed by atoms with Crippen molar-refractivity contribution in [3.05, 3.63) is 28.8 Å². The summed E-state index contributed by atoms with van der Waals surface area (Å²) in [7, 11) is -3.62. The maximum absolute atomic E-state index is 12.2. The van der Waals surface area contributed by atoms with Crippen LogP contribution in [-0.2, 0) is 21.3 Å². The second-order valence-corrected chi connectivity index (χ2v) is 6.24. The van der Waals surface area contributed by atoms with Crippen LogP contribution in [0, 0.1) is 0 Å². The number of halogens is 1. The van der Waals surface area contributed by atoms with E-state index in [9.17, 15) is 8.42 Å². The standard InChI is InChI=1S/C11H15ClN2O3S/c12-10-2-1-8(6-13)5-11(10)18(15,16)14-9-3-4-17-7-9/h1-2,5,9,14H,3-4,6-7,13H2. The maximum atomic E-state index is 12.2. The van der Waals surface area contributed by atoms with E-state index in [1.807, 2.05) is 0 Å². The average molecular weight is 291 g/mol. The first-order chi connectivity index (χ1) is 8.53. The molecule has 1 aliphatic heterocycles. The fraction of sp³-hybridized carbons (Fsp3) is 0.455. The molecule has 0 radical (unpaired) electrons. The van der Waals surface area contributed by atoms with Crippen molar-refractivity contribution < 1.29 is 13.2 Å². The van der Waals surface area contributed by atoms with Crippen molar-refractivity contribution in [3.63, 3.8) is 0 Å². The van der Waals surface area contributed by atoms with Crippen molar-refractivity contribution >= 4 is 21.6 Å². The summed E-state index contributed by atoms with van der Waals surface area (Å²) in [6.45, 7) is 1.24. The van der Waals surface area contributed by atoms with E-state index in [4.69, 9.17) is 22.1 Å². The zero-order valence-electron chi connectivity index (χ0n) is 9.73. The van der Waals surface area contributed by atoms with Gasteiger partial charge in [-0.3, -0.25) is 0 Å². The molecule has 1 heterocycles. The largest absolute Gasteiger partial charge is 0.380 e. The van der Waals surface area contributed by atoms with Gasteiger partial charge in [0.15, 0.2) is 0 Å². The van der Waals surface area contributed by atoms with Gasteiger partial charge in [-0.25, -0.2) is 13.1 Å². The van der Waals surface area contributed by atoms with Crippen molar-refractivity contribution in [2.45, 2.75) is 23.9 Å². The first-order valence-electron chi connectivity index (χ1n) is 5.61. The molecule has 5 nitrogen and oxygen atoms in total. The lowest BCUT2D eigenvalue weighted by Crippen LogP contribution is -2.35. The van der Waals surface area contributed by atoms with Crippen LogP contribution in [0.4, 0.5) is 0 Å². The summed E-state index contributed by atoms with van der Waals surface area (Å²) in [5.41, 5.74) is 6.22. The third kappa shape index (κ3) is 3.02. The van der Waals surface area contributed by atoms with Gasteiger partial charge in [0.25, 0.3) is 0 Å². The first kappa shape index (κ1) is 13.8. The van der Waals surface area contributed by atoms with Crippen LogP contribution >= 0.6 is 11.6 Å². The molecule has 0 aliphatic carbocycles. The van der Waals surface area contributed by atoms with Crippen LogP contribution in [0.25, 0.3) is 0 Å². The summed E-state index contributed by atoms with van der Waals surface area (Å²) in [5.74, 6) is 0. The number of nitrogens with two attached hydrogens (primary N) is 1. The molecule has 1 aliphatic rings. The minimum atomic E-state index is -3.62. The van der Waals surface area contributed by atoms with E-state index in [0.717, 1.165) is 5.56 Å². The summed E-state index contributed by atoms with van der Waals surface area (Å²) in [6.07, 6.45) is 0.674. The van der Waals surface area contributed by atoms with Crippen LogP contribution in [0.3, 0.4) is 0 Å². The SMILES string of the molecule is NCc1ccc(Cl)c(S(=O)(=O)NC2CCOC2)c1. The number of ether oxygens (including phenoxy) is 1. The highest BCUT2D eigenvalue weighted by Gasteiger charge is 2.25. The van der Waals surface area contributed by atoms with Gasteiger partial charge in [-0.05, 0) is 24.1 Å². The Morgan fingerprint density at radius 2 is 2.28 bits per heavy atom. The molecule has 1 saturated heterocycles. The van der Waals surface area contributed by atoms with Gasteiger partial charge in [-0.15, -0.1) is 0 Å². The van der Waals surface area contributed by atoms with Crippen molar-refractivity contribution in [2.75, 3.05) is 13.2 Å². The Labute approximate surface area is 111 Å². The van der Waals surface area contributed by atoms with Crippen molar-refractivity contribution in [3.8, 4) is 0 Å². The topological polar surface area (TPSA) is 81.4 Å². The predicted molar refractivity (Wildman–Crippen MR) is 68.9 cm³/mol. The number of hydrogen-bond donors (Lipinski definition) is 2. The fourth-order valence-corrected chi connectivity index (χ4v) is 3.60. The van der Waals surface area contributed by atoms with Gasteiger partial charge in [0.2, 0.25) is 10.0 Å². The lowest BCUT2D eigenvalue weighted by Gasteiger charge is -2.13. The van der Waals surface area contributed by atoms with Crippen molar-refractivity contribution in [1.29, 1.82) is 0 Å². The van der Waals surface area contributed by atoms with Gasteiger partial charge in [0, 0.05) is 19.2 Å². The highest BCUT2D eigenvalue weighted by Crippen LogP contribution is 2.23. The maximum Gasteiger partial charge on any atom is 0.242 e. The molecule has 1 fully saturated rings. The molecular weight excluding hydrogens is 276 g/mol. The molecule has 0 amide bonds. The summed E-state index contributed by atoms with van der Waals surface area (Å²) in [4.78, 5) is 0.0685. The molecule has 1 atom stereocenters. The molecule has 1 aromatic rings. The summed E-state index contributed by atoms with van der Waals surface area (Å²) >= 11 is 5.93. The smallest absolute Gasteiger partial charge is 0.242 e. The quantitative estimate of drug-likeness (QED) is 0.862. The number of hydrogen-bond acceptors (Lipinski definition) is 4. The van der Waals surface area contributed by atoms with E-state index in [2.05, 4.69) is 4.72 Å². The van der Waals surface area contributed by atoms with E-state index in [-0.39, 0.29) is 22.5 Å². The molecule has 0 saturated carbocycles. The molecule has 3 N–H and O–H groups in total. The number of benzene rings is 1. The molecule has 7 heteroatoms. The number of rotatable bonds is 4. The highest BCUT2D eigenvalue weighted by molar-refractivity contribution is 7.89. The summed E-state index contributed by atoms with van der Waals surface area (Å²) < 4.78 is 32.1. The van der Waals surface area contributed by atoms with Crippen molar-refractivity contribution in [2.24, 2.45) is 5.73 Å². The van der Waals surface area contributed by atoms with Crippen LogP contribution < -0.4 is 10.5 Å². The molecule has 2 rings (SSSR count). The van der Waals surface area contributed by atoms with E-state index < -0.39 is 10.0 Å². The molecule has 0 bridgehead atoms. The van der Waals surface area contributed by atoms with Crippen LogP contribution in [0.1, 0.15) is 12.0 Å². The second-order valence-electron chi connectivity index (χ2n) is 4.15. The molecule has 100 valence electrons. The van der Waals surface area contributed by atoms with E-state index in [0.29, 0.717) is 19.6 Å². The van der Waals surface area contributed by atoms with Crippen LogP contribution in [-0.4, -0.2) is 27.7 Å². The third-order valence-corrected chi connectivity index (χ3v) is 4.77. The Kier molecular flexibility index (Phi) is 4.24. The summed E-state index contributed by atoms with van der Waals surface area (Å²) in [6, 6.07) is 4.57. The Bertz CT molecular complexity index is 527. The van der Waals surface area contributed by atoms with Gasteiger partial charge in [0.1, 0.15) is 4.90 Å². The molecule has 1 unspecified atom stereocenters. The van der Waals surface area contributed by atoms with Crippen molar-refractivity contribution in [1.82, 2.24) is 4.72 Å². The zero-order chi connectivity index (χ0) is 13.2. The van der Waals surface area contributed by atoms with E-state index >= 15 is 0 Å². The molecule has 0 aromatic heterocycles. The normalized spacial score (nSPS) is 20.2. The van der Waals surface area contributed by atoms with Crippen LogP contribution in [0.15, 0.2) is 23.1 Å². The average Bonchev–Trinajstić information content (AvgIpc) is 2.81. The van der Waals surface area contributed by atoms with Gasteiger partial charge in [0.05, 0.1) is 11.6 Å². The monoisotopic (exact) mass is 290 g/mol. The lowest BCUT2D eigenvalue weighted by atomic mass is 10.2. The Balaban J connectivity index is 2.27. The minimum absolute atomic E-state index is 0.0685. The Morgan fingerprint density at radius 3 is 2.89 bits per heavy atom. The minimum Gasteiger partial charge on any atom is -0.380 e. The first-order valence-corrected chi connectivity index (χ1v) is 7.47. The summed E-state index contributed by atoms with van der Waals surface area (Å²) in [5, 5.41) is 0.193. The zero-order valence-corrected chi connectivity index (χ0v) is 11.3. The predicted octanol–water partition coefficient (Wildman–Crippen LogP) is 0.866. The Hall–Kier alpha value is -0.660. The van der Waals surface area contributed by atoms with Gasteiger partial charge < -0.3 is 10.5 Å².